The number of aryl methyl sites for hydroxylation is 1. The van der Waals surface area contributed by atoms with Gasteiger partial charge in [0.15, 0.2) is 0 Å². The molecule has 8 heteroatoms. The molecule has 116 valence electrons. The van der Waals surface area contributed by atoms with Crippen molar-refractivity contribution in [1.29, 1.82) is 0 Å². The van der Waals surface area contributed by atoms with Gasteiger partial charge in [-0.25, -0.2) is 8.42 Å². The maximum atomic E-state index is 11.9. The van der Waals surface area contributed by atoms with Gasteiger partial charge in [0.2, 0.25) is 0 Å². The molecule has 2 rings (SSSR count). The molecule has 0 spiro atoms. The molecule has 0 unspecified atom stereocenters. The molecule has 5 nitrogen and oxygen atoms in total. The van der Waals surface area contributed by atoms with Gasteiger partial charge in [-0.1, -0.05) is 23.4 Å². The molecule has 2 aromatic heterocycles. The predicted molar refractivity (Wildman–Crippen MR) is 86.8 cm³/mol. The first-order chi connectivity index (χ1) is 10.5. The zero-order chi connectivity index (χ0) is 16.0. The smallest absolute Gasteiger partial charge is 0.250 e. The Bertz CT molecular complexity index is 789. The van der Waals surface area contributed by atoms with Gasteiger partial charge in [-0.15, -0.1) is 11.3 Å². The number of rotatable bonds is 5. The minimum absolute atomic E-state index is 0.00730. The lowest BCUT2D eigenvalue weighted by molar-refractivity contribution is 0.368. The molecule has 0 fully saturated rings. The summed E-state index contributed by atoms with van der Waals surface area (Å²) in [5.41, 5.74) is 0.904. The van der Waals surface area contributed by atoms with Crippen LogP contribution in [0, 0.1) is 18.8 Å². The average Bonchev–Trinajstić information content (AvgIpc) is 2.92. The summed E-state index contributed by atoms with van der Waals surface area (Å²) in [6.07, 6.45) is 1.61. The molecule has 0 radical (unpaired) electrons. The van der Waals surface area contributed by atoms with Crippen molar-refractivity contribution in [2.24, 2.45) is 0 Å². The van der Waals surface area contributed by atoms with E-state index < -0.39 is 10.0 Å². The maximum Gasteiger partial charge on any atom is 0.250 e. The van der Waals surface area contributed by atoms with Crippen LogP contribution in [0.3, 0.4) is 0 Å². The molecule has 0 aromatic carbocycles. The average molecular weight is 357 g/mol. The molecule has 0 atom stereocenters. The lowest BCUT2D eigenvalue weighted by Crippen LogP contribution is -2.23. The molecule has 0 bridgehead atoms. The molecular weight excluding hydrogens is 344 g/mol. The van der Waals surface area contributed by atoms with Crippen LogP contribution in [-0.4, -0.2) is 26.6 Å². The highest BCUT2D eigenvalue weighted by Gasteiger charge is 2.14. The van der Waals surface area contributed by atoms with E-state index in [-0.39, 0.29) is 17.4 Å². The molecule has 0 saturated carbocycles. The van der Waals surface area contributed by atoms with Crippen LogP contribution in [-0.2, 0) is 10.0 Å². The molecule has 1 N–H and O–H groups in total. The highest BCUT2D eigenvalue weighted by molar-refractivity contribution is 7.91. The Kier molecular flexibility index (Phi) is 5.80. The van der Waals surface area contributed by atoms with E-state index in [0.717, 1.165) is 17.0 Å². The Hall–Kier alpha value is -1.59. The van der Waals surface area contributed by atoms with Crippen LogP contribution in [0.4, 0.5) is 0 Å². The quantitative estimate of drug-likeness (QED) is 0.835. The predicted octanol–water partition coefficient (Wildman–Crippen LogP) is 2.47. The fraction of sp³-hybridized carbons (Fsp3) is 0.214. The minimum Gasteiger partial charge on any atom is -0.479 e. The van der Waals surface area contributed by atoms with Gasteiger partial charge in [0.05, 0.1) is 17.1 Å². The first kappa shape index (κ1) is 16.8. The van der Waals surface area contributed by atoms with Crippen LogP contribution in [0.5, 0.6) is 5.75 Å². The van der Waals surface area contributed by atoms with Crippen LogP contribution < -0.4 is 9.46 Å². The molecule has 0 aliphatic rings. The number of pyridine rings is 1. The van der Waals surface area contributed by atoms with E-state index in [4.69, 9.17) is 16.3 Å². The van der Waals surface area contributed by atoms with Gasteiger partial charge in [0, 0.05) is 5.69 Å². The summed E-state index contributed by atoms with van der Waals surface area (Å²) in [6, 6.07) is 6.63. The third-order valence-corrected chi connectivity index (χ3v) is 5.61. The summed E-state index contributed by atoms with van der Waals surface area (Å²) < 4.78 is 32.1. The van der Waals surface area contributed by atoms with Crippen molar-refractivity contribution < 1.29 is 13.2 Å². The lowest BCUT2D eigenvalue weighted by atomic mass is 10.4. The zero-order valence-corrected chi connectivity index (χ0v) is 14.1. The molecule has 0 aliphatic carbocycles. The summed E-state index contributed by atoms with van der Waals surface area (Å²) in [5.74, 6) is 6.03. The second kappa shape index (κ2) is 7.61. The fourth-order valence-electron chi connectivity index (χ4n) is 1.42. The second-order valence-corrected chi connectivity index (χ2v) is 7.87. The highest BCUT2D eigenvalue weighted by atomic mass is 35.5. The number of hydrogen-bond acceptors (Lipinski definition) is 5. The van der Waals surface area contributed by atoms with Gasteiger partial charge in [-0.2, -0.15) is 4.72 Å². The van der Waals surface area contributed by atoms with Crippen molar-refractivity contribution >= 4 is 33.0 Å². The standard InChI is InChI=1S/C14H13ClN2O3S2/c1-11-4-5-12(10-16-11)20-9-3-2-8-17-22(18,19)14-7-6-13(15)21-14/h4-7,10,17H,8-9H2,1H3. The van der Waals surface area contributed by atoms with E-state index in [9.17, 15) is 8.42 Å². The SMILES string of the molecule is Cc1ccc(OCC#CCNS(=O)(=O)c2ccc(Cl)s2)cn1. The number of thiophene rings is 1. The summed E-state index contributed by atoms with van der Waals surface area (Å²) in [4.78, 5) is 4.09. The molecule has 2 aromatic rings. The second-order valence-electron chi connectivity index (χ2n) is 4.16. The van der Waals surface area contributed by atoms with Crippen molar-refractivity contribution in [2.75, 3.05) is 13.2 Å². The topological polar surface area (TPSA) is 68.3 Å². The van der Waals surface area contributed by atoms with Gasteiger partial charge in [0.25, 0.3) is 10.0 Å². The first-order valence-electron chi connectivity index (χ1n) is 6.23. The van der Waals surface area contributed by atoms with Gasteiger partial charge >= 0.3 is 0 Å². The van der Waals surface area contributed by atoms with E-state index in [1.54, 1.807) is 12.3 Å². The molecular formula is C14H13ClN2O3S2. The van der Waals surface area contributed by atoms with E-state index >= 15 is 0 Å². The van der Waals surface area contributed by atoms with Crippen molar-refractivity contribution in [3.63, 3.8) is 0 Å². The van der Waals surface area contributed by atoms with Crippen LogP contribution in [0.2, 0.25) is 4.34 Å². The van der Waals surface area contributed by atoms with E-state index in [1.165, 1.54) is 12.1 Å². The van der Waals surface area contributed by atoms with Gasteiger partial charge in [-0.3, -0.25) is 4.98 Å². The Morgan fingerprint density at radius 3 is 2.77 bits per heavy atom. The van der Waals surface area contributed by atoms with E-state index in [0.29, 0.717) is 10.1 Å². The molecule has 2 heterocycles. The minimum atomic E-state index is -3.55. The van der Waals surface area contributed by atoms with Gasteiger partial charge < -0.3 is 4.74 Å². The van der Waals surface area contributed by atoms with Crippen LogP contribution >= 0.6 is 22.9 Å². The monoisotopic (exact) mass is 356 g/mol. The number of nitrogens with zero attached hydrogens (tertiary/aromatic N) is 1. The van der Waals surface area contributed by atoms with Crippen LogP contribution in [0.15, 0.2) is 34.7 Å². The normalized spacial score (nSPS) is 10.8. The van der Waals surface area contributed by atoms with Crippen LogP contribution in [0.25, 0.3) is 0 Å². The lowest BCUT2D eigenvalue weighted by Gasteiger charge is -2.01. The van der Waals surface area contributed by atoms with E-state index in [1.807, 2.05) is 13.0 Å². The number of halogens is 1. The van der Waals surface area contributed by atoms with Crippen molar-refractivity contribution in [3.8, 4) is 17.6 Å². The Labute approximate surface area is 138 Å². The number of sulfonamides is 1. The van der Waals surface area contributed by atoms with Crippen molar-refractivity contribution in [1.82, 2.24) is 9.71 Å². The van der Waals surface area contributed by atoms with Gasteiger partial charge in [0.1, 0.15) is 16.6 Å². The van der Waals surface area contributed by atoms with Crippen molar-refractivity contribution in [3.05, 3.63) is 40.5 Å². The number of ether oxygens (including phenoxy) is 1. The Morgan fingerprint density at radius 2 is 2.14 bits per heavy atom. The largest absolute Gasteiger partial charge is 0.479 e. The number of aromatic nitrogens is 1. The fourth-order valence-corrected chi connectivity index (χ4v) is 3.87. The summed E-state index contributed by atoms with van der Waals surface area (Å²) in [5, 5.41) is 0. The zero-order valence-electron chi connectivity index (χ0n) is 11.7. The van der Waals surface area contributed by atoms with E-state index in [2.05, 4.69) is 21.5 Å². The molecule has 0 saturated heterocycles. The molecule has 0 aliphatic heterocycles. The Balaban J connectivity index is 1.78. The Morgan fingerprint density at radius 1 is 1.32 bits per heavy atom. The third-order valence-electron chi connectivity index (χ3n) is 2.48. The summed E-state index contributed by atoms with van der Waals surface area (Å²) in [7, 11) is -3.55. The van der Waals surface area contributed by atoms with Gasteiger partial charge in [-0.05, 0) is 31.2 Å². The maximum absolute atomic E-state index is 11.9. The first-order valence-corrected chi connectivity index (χ1v) is 8.91. The highest BCUT2D eigenvalue weighted by Crippen LogP contribution is 2.25. The summed E-state index contributed by atoms with van der Waals surface area (Å²) >= 11 is 6.71. The summed E-state index contributed by atoms with van der Waals surface area (Å²) in [6.45, 7) is 2.06. The number of nitrogens with one attached hydrogen (secondary N) is 1. The van der Waals surface area contributed by atoms with Crippen LogP contribution in [0.1, 0.15) is 5.69 Å². The number of hydrogen-bond donors (Lipinski definition) is 1. The molecule has 0 amide bonds. The molecule has 22 heavy (non-hydrogen) atoms. The third kappa shape index (κ3) is 5.00. The van der Waals surface area contributed by atoms with Crippen molar-refractivity contribution in [2.45, 2.75) is 11.1 Å².